The maximum absolute atomic E-state index is 11.9. The first kappa shape index (κ1) is 12.6. The molecule has 2 aliphatic heterocycles. The summed E-state index contributed by atoms with van der Waals surface area (Å²) < 4.78 is 0. The first-order valence-electron chi connectivity index (χ1n) is 6.67. The van der Waals surface area contributed by atoms with Crippen LogP contribution in [0.5, 0.6) is 0 Å². The minimum atomic E-state index is -0.658. The first-order valence-corrected chi connectivity index (χ1v) is 6.67. The van der Waals surface area contributed by atoms with Gasteiger partial charge in [0.15, 0.2) is 6.23 Å². The molecule has 2 amide bonds. The highest BCUT2D eigenvalue weighted by atomic mass is 16.3. The van der Waals surface area contributed by atoms with Crippen LogP contribution in [0.2, 0.25) is 0 Å². The molecule has 2 fully saturated rings. The summed E-state index contributed by atoms with van der Waals surface area (Å²) in [5, 5.41) is 16.6. The van der Waals surface area contributed by atoms with Gasteiger partial charge in [-0.2, -0.15) is 0 Å². The van der Waals surface area contributed by atoms with Crippen LogP contribution in [0.15, 0.2) is 0 Å². The fraction of sp³-hybridized carbons (Fsp3) is 0.917. The predicted molar refractivity (Wildman–Crippen MR) is 65.6 cm³/mol. The van der Waals surface area contributed by atoms with E-state index in [4.69, 9.17) is 0 Å². The Kier molecular flexibility index (Phi) is 3.89. The Morgan fingerprint density at radius 1 is 1.41 bits per heavy atom. The van der Waals surface area contributed by atoms with Gasteiger partial charge in [-0.25, -0.2) is 4.79 Å². The van der Waals surface area contributed by atoms with E-state index < -0.39 is 11.8 Å². The van der Waals surface area contributed by atoms with Crippen LogP contribution in [0, 0.1) is 0 Å². The molecule has 2 aliphatic rings. The number of rotatable bonds is 4. The van der Waals surface area contributed by atoms with Gasteiger partial charge in [0.1, 0.15) is 0 Å². The van der Waals surface area contributed by atoms with Gasteiger partial charge < -0.3 is 15.7 Å². The van der Waals surface area contributed by atoms with Crippen molar-refractivity contribution in [2.45, 2.75) is 50.8 Å². The number of hydrogen-bond donors (Lipinski definition) is 3. The van der Waals surface area contributed by atoms with Crippen molar-refractivity contribution in [3.63, 3.8) is 0 Å². The van der Waals surface area contributed by atoms with Gasteiger partial charge in [0, 0.05) is 6.54 Å². The minimum Gasteiger partial charge on any atom is -0.371 e. The summed E-state index contributed by atoms with van der Waals surface area (Å²) in [6.07, 6.45) is 4.16. The molecular formula is C12H23N3O2. The van der Waals surface area contributed by atoms with Crippen LogP contribution in [0.4, 0.5) is 4.79 Å². The van der Waals surface area contributed by atoms with E-state index in [2.05, 4.69) is 17.6 Å². The van der Waals surface area contributed by atoms with Gasteiger partial charge in [-0.05, 0) is 32.4 Å². The molecule has 98 valence electrons. The van der Waals surface area contributed by atoms with Gasteiger partial charge in [-0.3, -0.25) is 4.90 Å². The second-order valence-electron chi connectivity index (χ2n) is 5.11. The summed E-state index contributed by atoms with van der Waals surface area (Å²) in [6, 6.07) is -0.101. The van der Waals surface area contributed by atoms with E-state index in [0.717, 1.165) is 45.2 Å². The van der Waals surface area contributed by atoms with Crippen molar-refractivity contribution in [3.8, 4) is 0 Å². The molecule has 0 aromatic carbocycles. The highest BCUT2D eigenvalue weighted by molar-refractivity contribution is 5.78. The zero-order chi connectivity index (χ0) is 12.3. The number of carbonyl (C=O) groups excluding carboxylic acids is 1. The van der Waals surface area contributed by atoms with Crippen molar-refractivity contribution in [2.24, 2.45) is 0 Å². The molecular weight excluding hydrogens is 218 g/mol. The second-order valence-corrected chi connectivity index (χ2v) is 5.11. The first-order chi connectivity index (χ1) is 8.19. The number of nitrogens with one attached hydrogen (secondary N) is 2. The number of urea groups is 1. The van der Waals surface area contributed by atoms with Crippen molar-refractivity contribution in [2.75, 3.05) is 19.6 Å². The molecule has 5 heteroatoms. The van der Waals surface area contributed by atoms with Crippen molar-refractivity contribution in [1.29, 1.82) is 0 Å². The van der Waals surface area contributed by atoms with E-state index >= 15 is 0 Å². The van der Waals surface area contributed by atoms with Crippen LogP contribution in [0.1, 0.15) is 39.0 Å². The average molecular weight is 241 g/mol. The van der Waals surface area contributed by atoms with Crippen LogP contribution in [-0.2, 0) is 0 Å². The number of unbranched alkanes of at least 4 members (excludes halogenated alkanes) is 2. The maximum Gasteiger partial charge on any atom is 0.320 e. The second kappa shape index (κ2) is 5.23. The fourth-order valence-corrected chi connectivity index (χ4v) is 2.77. The summed E-state index contributed by atoms with van der Waals surface area (Å²) in [5.41, 5.74) is -0.408. The van der Waals surface area contributed by atoms with Crippen LogP contribution < -0.4 is 10.6 Å². The molecule has 2 saturated heterocycles. The summed E-state index contributed by atoms with van der Waals surface area (Å²) in [4.78, 5) is 13.5. The number of piperidine rings is 1. The zero-order valence-corrected chi connectivity index (χ0v) is 10.5. The van der Waals surface area contributed by atoms with Crippen LogP contribution in [0.3, 0.4) is 0 Å². The fourth-order valence-electron chi connectivity index (χ4n) is 2.77. The molecule has 1 spiro atoms. The molecule has 2 heterocycles. The van der Waals surface area contributed by atoms with Gasteiger partial charge in [0.2, 0.25) is 0 Å². The number of aliphatic hydroxyl groups is 1. The summed E-state index contributed by atoms with van der Waals surface area (Å²) in [5.74, 6) is 0. The Labute approximate surface area is 103 Å². The molecule has 1 unspecified atom stereocenters. The van der Waals surface area contributed by atoms with Crippen LogP contribution in [-0.4, -0.2) is 47.4 Å². The van der Waals surface area contributed by atoms with E-state index in [1.165, 1.54) is 0 Å². The SMILES string of the molecule is CCCCCN1C(=O)NC2(CCNCC2)C1O. The van der Waals surface area contributed by atoms with Gasteiger partial charge in [0.25, 0.3) is 0 Å². The summed E-state index contributed by atoms with van der Waals surface area (Å²) >= 11 is 0. The highest BCUT2D eigenvalue weighted by Crippen LogP contribution is 2.30. The lowest BCUT2D eigenvalue weighted by molar-refractivity contribution is -0.0105. The Morgan fingerprint density at radius 2 is 2.12 bits per heavy atom. The van der Waals surface area contributed by atoms with Gasteiger partial charge >= 0.3 is 6.03 Å². The van der Waals surface area contributed by atoms with E-state index in [1.54, 1.807) is 4.90 Å². The molecule has 0 bridgehead atoms. The standard InChI is InChI=1S/C12H23N3O2/c1-2-3-4-9-15-10(16)12(14-11(15)17)5-7-13-8-6-12/h10,13,16H,2-9H2,1H3,(H,14,17). The average Bonchev–Trinajstić information content (AvgIpc) is 2.55. The monoisotopic (exact) mass is 241 g/mol. The third-order valence-corrected chi connectivity index (χ3v) is 3.90. The lowest BCUT2D eigenvalue weighted by Crippen LogP contribution is -2.56. The Hall–Kier alpha value is -0.810. The maximum atomic E-state index is 11.9. The Morgan fingerprint density at radius 3 is 2.76 bits per heavy atom. The molecule has 0 aromatic heterocycles. The van der Waals surface area contributed by atoms with E-state index in [1.807, 2.05) is 0 Å². The van der Waals surface area contributed by atoms with E-state index in [9.17, 15) is 9.90 Å². The third-order valence-electron chi connectivity index (χ3n) is 3.90. The molecule has 3 N–H and O–H groups in total. The Bertz CT molecular complexity index is 277. The lowest BCUT2D eigenvalue weighted by Gasteiger charge is -2.36. The van der Waals surface area contributed by atoms with Crippen molar-refractivity contribution in [1.82, 2.24) is 15.5 Å². The number of amides is 2. The number of carbonyl (C=O) groups is 1. The van der Waals surface area contributed by atoms with Crippen molar-refractivity contribution >= 4 is 6.03 Å². The minimum absolute atomic E-state index is 0.101. The molecule has 2 rings (SSSR count). The van der Waals surface area contributed by atoms with E-state index in [0.29, 0.717) is 6.54 Å². The normalized spacial score (nSPS) is 27.5. The Balaban J connectivity index is 1.97. The number of nitrogens with zero attached hydrogens (tertiary/aromatic N) is 1. The van der Waals surface area contributed by atoms with Crippen molar-refractivity contribution < 1.29 is 9.90 Å². The lowest BCUT2D eigenvalue weighted by atomic mass is 9.87. The number of hydrogen-bond acceptors (Lipinski definition) is 3. The van der Waals surface area contributed by atoms with E-state index in [-0.39, 0.29) is 6.03 Å². The number of aliphatic hydroxyl groups excluding tert-OH is 1. The molecule has 0 radical (unpaired) electrons. The molecule has 1 atom stereocenters. The zero-order valence-electron chi connectivity index (χ0n) is 10.5. The molecule has 0 aliphatic carbocycles. The molecule has 0 aromatic rings. The summed E-state index contributed by atoms with van der Waals surface area (Å²) in [7, 11) is 0. The topological polar surface area (TPSA) is 64.6 Å². The predicted octanol–water partition coefficient (Wildman–Crippen LogP) is 0.642. The van der Waals surface area contributed by atoms with Crippen LogP contribution in [0.25, 0.3) is 0 Å². The van der Waals surface area contributed by atoms with Crippen LogP contribution >= 0.6 is 0 Å². The third kappa shape index (κ3) is 2.40. The van der Waals surface area contributed by atoms with Gasteiger partial charge in [-0.1, -0.05) is 19.8 Å². The molecule has 0 saturated carbocycles. The molecule has 5 nitrogen and oxygen atoms in total. The smallest absolute Gasteiger partial charge is 0.320 e. The largest absolute Gasteiger partial charge is 0.371 e. The van der Waals surface area contributed by atoms with Gasteiger partial charge in [-0.15, -0.1) is 0 Å². The van der Waals surface area contributed by atoms with Crippen molar-refractivity contribution in [3.05, 3.63) is 0 Å². The van der Waals surface area contributed by atoms with Gasteiger partial charge in [0.05, 0.1) is 5.54 Å². The molecule has 17 heavy (non-hydrogen) atoms. The highest BCUT2D eigenvalue weighted by Gasteiger charge is 2.50. The quantitative estimate of drug-likeness (QED) is 0.633. The summed E-state index contributed by atoms with van der Waals surface area (Å²) in [6.45, 7) is 4.52.